The number of hydrogen-bond acceptors (Lipinski definition) is 9. The predicted molar refractivity (Wildman–Crippen MR) is 201 cm³/mol. The van der Waals surface area contributed by atoms with Crippen molar-refractivity contribution in [2.24, 2.45) is 4.99 Å². The second-order valence-electron chi connectivity index (χ2n) is 11.3. The summed E-state index contributed by atoms with van der Waals surface area (Å²) in [5.41, 5.74) is 4.59. The van der Waals surface area contributed by atoms with Crippen molar-refractivity contribution in [1.29, 1.82) is 0 Å². The van der Waals surface area contributed by atoms with Crippen molar-refractivity contribution in [3.63, 3.8) is 0 Å². The van der Waals surface area contributed by atoms with Gasteiger partial charge in [-0.05, 0) is 70.0 Å². The second kappa shape index (κ2) is 24.6. The number of ether oxygens (including phenoxy) is 2. The zero-order chi connectivity index (χ0) is 35.0. The van der Waals surface area contributed by atoms with Gasteiger partial charge in [0.05, 0.1) is 24.8 Å². The van der Waals surface area contributed by atoms with Crippen molar-refractivity contribution in [3.8, 4) is 0 Å². The predicted octanol–water partition coefficient (Wildman–Crippen LogP) is 7.53. The lowest BCUT2D eigenvalue weighted by atomic mass is 10.1. The topological polar surface area (TPSA) is 104 Å². The first-order valence-corrected chi connectivity index (χ1v) is 17.4. The molecule has 260 valence electrons. The van der Waals surface area contributed by atoms with E-state index in [0.717, 1.165) is 55.4 Å². The standard InChI is InChI=1S/C38H58N4O4S/c1-10-12-13-14-19-34(41-30(5)21-22-33-18-16-15-17-28(3)26-33)37(43)40-25-24-31(6)42-35(38(44)46-11-2)27-47-36(39-8)23-20-29(4)32(7)45-9/h15,17-18,20-23,26,34-35,37,40-43H,5-8,10-14,16,19,24-25,27H2,1-4,9H3/b22-21+,29-20+,36-23+. The SMILES string of the molecule is C=N/C(=C\C=C(/C)C(=C)OC)SCC(NC(=C)CCNC(O)C(CCCCCC)NC(=C)/C=C/C1=CCC=CC(C)=C1)C(=O)OCC. The van der Waals surface area contributed by atoms with Crippen LogP contribution in [0.2, 0.25) is 0 Å². The van der Waals surface area contributed by atoms with Crippen molar-refractivity contribution in [3.05, 3.63) is 107 Å². The minimum Gasteiger partial charge on any atom is -0.497 e. The number of aliphatic imine (C=N–C) groups is 1. The van der Waals surface area contributed by atoms with Crippen LogP contribution in [0.15, 0.2) is 112 Å². The Bertz CT molecular complexity index is 1230. The highest BCUT2D eigenvalue weighted by Crippen LogP contribution is 2.20. The van der Waals surface area contributed by atoms with Gasteiger partial charge in [0.2, 0.25) is 0 Å². The minimum atomic E-state index is -0.800. The van der Waals surface area contributed by atoms with E-state index >= 15 is 0 Å². The number of hydrogen-bond donors (Lipinski definition) is 4. The fourth-order valence-corrected chi connectivity index (χ4v) is 5.35. The van der Waals surface area contributed by atoms with E-state index in [2.05, 4.69) is 85.5 Å². The van der Waals surface area contributed by atoms with E-state index < -0.39 is 12.3 Å². The Kier molecular flexibility index (Phi) is 21.7. The number of methoxy groups -OCH3 is 1. The number of nitrogens with zero attached hydrogens (tertiary/aromatic N) is 1. The summed E-state index contributed by atoms with van der Waals surface area (Å²) in [6, 6.07) is -0.853. The summed E-state index contributed by atoms with van der Waals surface area (Å²) in [6.07, 6.45) is 22.1. The van der Waals surface area contributed by atoms with Crippen LogP contribution in [0.1, 0.15) is 72.6 Å². The molecule has 3 atom stereocenters. The number of rotatable bonds is 25. The van der Waals surface area contributed by atoms with Crippen molar-refractivity contribution in [2.75, 3.05) is 26.0 Å². The van der Waals surface area contributed by atoms with Gasteiger partial charge in [0.15, 0.2) is 0 Å². The van der Waals surface area contributed by atoms with Gasteiger partial charge in [-0.15, -0.1) is 11.8 Å². The van der Waals surface area contributed by atoms with Gasteiger partial charge in [0.1, 0.15) is 18.0 Å². The second-order valence-corrected chi connectivity index (χ2v) is 12.4. The largest absolute Gasteiger partial charge is 0.497 e. The first-order valence-electron chi connectivity index (χ1n) is 16.5. The van der Waals surface area contributed by atoms with E-state index in [0.29, 0.717) is 35.2 Å². The number of aliphatic hydroxyl groups excluding tert-OH is 1. The van der Waals surface area contributed by atoms with Crippen LogP contribution >= 0.6 is 11.8 Å². The molecule has 0 radical (unpaired) electrons. The van der Waals surface area contributed by atoms with Crippen LogP contribution in [0.4, 0.5) is 0 Å². The molecule has 1 aliphatic carbocycles. The molecule has 4 N–H and O–H groups in total. The van der Waals surface area contributed by atoms with Gasteiger partial charge in [-0.3, -0.25) is 10.3 Å². The van der Waals surface area contributed by atoms with E-state index in [1.54, 1.807) is 20.1 Å². The molecular formula is C38H58N4O4S. The monoisotopic (exact) mass is 666 g/mol. The number of carbonyl (C=O) groups is 1. The lowest BCUT2D eigenvalue weighted by Crippen LogP contribution is -2.48. The number of unbranched alkanes of at least 4 members (excludes halogenated alkanes) is 3. The average molecular weight is 667 g/mol. The zero-order valence-electron chi connectivity index (χ0n) is 29.3. The molecule has 0 saturated carbocycles. The number of carbonyl (C=O) groups excluding carboxylic acids is 1. The molecule has 1 rings (SSSR count). The highest BCUT2D eigenvalue weighted by Gasteiger charge is 2.22. The third-order valence-electron chi connectivity index (χ3n) is 7.31. The summed E-state index contributed by atoms with van der Waals surface area (Å²) in [4.78, 5) is 16.8. The van der Waals surface area contributed by atoms with Gasteiger partial charge >= 0.3 is 5.97 Å². The fourth-order valence-electron chi connectivity index (χ4n) is 4.54. The molecule has 47 heavy (non-hydrogen) atoms. The molecule has 1 aliphatic rings. The molecule has 0 heterocycles. The van der Waals surface area contributed by atoms with Crippen LogP contribution in [0, 0.1) is 0 Å². The molecule has 9 heteroatoms. The van der Waals surface area contributed by atoms with Crippen LogP contribution in [0.25, 0.3) is 0 Å². The molecule has 0 aromatic heterocycles. The van der Waals surface area contributed by atoms with Crippen molar-refractivity contribution in [2.45, 2.75) is 91.0 Å². The third-order valence-corrected chi connectivity index (χ3v) is 8.37. The lowest BCUT2D eigenvalue weighted by molar-refractivity contribution is -0.144. The maximum atomic E-state index is 12.7. The maximum Gasteiger partial charge on any atom is 0.329 e. The number of esters is 1. The van der Waals surface area contributed by atoms with Gasteiger partial charge in [-0.25, -0.2) is 4.79 Å². The van der Waals surface area contributed by atoms with Gasteiger partial charge < -0.3 is 25.2 Å². The van der Waals surface area contributed by atoms with Gasteiger partial charge in [0.25, 0.3) is 0 Å². The molecule has 0 spiro atoms. The molecule has 0 saturated heterocycles. The smallest absolute Gasteiger partial charge is 0.329 e. The number of nitrogens with one attached hydrogen (secondary N) is 3. The quantitative estimate of drug-likeness (QED) is 0.0198. The fraction of sp³-hybridized carbons (Fsp3) is 0.474. The van der Waals surface area contributed by atoms with Crippen molar-refractivity contribution >= 4 is 24.4 Å². The summed E-state index contributed by atoms with van der Waals surface area (Å²) in [6.45, 7) is 24.5. The van der Waals surface area contributed by atoms with Crippen molar-refractivity contribution in [1.82, 2.24) is 16.0 Å². The maximum absolute atomic E-state index is 12.7. The van der Waals surface area contributed by atoms with Crippen LogP contribution in [-0.2, 0) is 14.3 Å². The van der Waals surface area contributed by atoms with E-state index in [9.17, 15) is 9.90 Å². The Morgan fingerprint density at radius 2 is 1.94 bits per heavy atom. The number of allylic oxidation sites excluding steroid dienone is 11. The Labute approximate surface area is 288 Å². The first kappa shape index (κ1) is 41.5. The van der Waals surface area contributed by atoms with Gasteiger partial charge in [0, 0.05) is 23.7 Å². The molecule has 8 nitrogen and oxygen atoms in total. The normalized spacial score (nSPS) is 15.5. The van der Waals surface area contributed by atoms with E-state index in [-0.39, 0.29) is 18.6 Å². The summed E-state index contributed by atoms with van der Waals surface area (Å²) in [5, 5.41) is 21.6. The van der Waals surface area contributed by atoms with Gasteiger partial charge in [-0.2, -0.15) is 0 Å². The summed E-state index contributed by atoms with van der Waals surface area (Å²) < 4.78 is 10.5. The Balaban J connectivity index is 2.79. The molecular weight excluding hydrogens is 609 g/mol. The Morgan fingerprint density at radius 3 is 2.62 bits per heavy atom. The summed E-state index contributed by atoms with van der Waals surface area (Å²) in [7, 11) is 1.57. The highest BCUT2D eigenvalue weighted by molar-refractivity contribution is 8.03. The van der Waals surface area contributed by atoms with Crippen LogP contribution in [-0.4, -0.2) is 62.1 Å². The molecule has 0 aromatic carbocycles. The highest BCUT2D eigenvalue weighted by atomic mass is 32.2. The zero-order valence-corrected chi connectivity index (χ0v) is 30.1. The van der Waals surface area contributed by atoms with E-state index in [1.165, 1.54) is 17.3 Å². The molecule has 3 unspecified atom stereocenters. The summed E-state index contributed by atoms with van der Waals surface area (Å²) >= 11 is 1.38. The van der Waals surface area contributed by atoms with E-state index in [1.807, 2.05) is 25.2 Å². The Morgan fingerprint density at radius 1 is 1.17 bits per heavy atom. The molecule has 0 fully saturated rings. The van der Waals surface area contributed by atoms with Crippen LogP contribution in [0.3, 0.4) is 0 Å². The lowest BCUT2D eigenvalue weighted by Gasteiger charge is -2.27. The van der Waals surface area contributed by atoms with Gasteiger partial charge in [-0.1, -0.05) is 94.4 Å². The Hall–Kier alpha value is -3.53. The third kappa shape index (κ3) is 18.4. The molecule has 0 bridgehead atoms. The number of aliphatic hydroxyl groups is 1. The first-order chi connectivity index (χ1) is 22.5. The molecule has 0 amide bonds. The average Bonchev–Trinajstić information content (AvgIpc) is 3.27. The minimum absolute atomic E-state index is 0.216. The summed E-state index contributed by atoms with van der Waals surface area (Å²) in [5.74, 6) is 0.546. The molecule has 0 aliphatic heterocycles. The van der Waals surface area contributed by atoms with Crippen LogP contribution < -0.4 is 16.0 Å². The molecule has 0 aromatic rings. The number of thioether (sulfide) groups is 1. The van der Waals surface area contributed by atoms with Crippen molar-refractivity contribution < 1.29 is 19.4 Å². The van der Waals surface area contributed by atoms with E-state index in [4.69, 9.17) is 9.47 Å². The van der Waals surface area contributed by atoms with Crippen LogP contribution in [0.5, 0.6) is 0 Å².